The molecule has 0 aromatic heterocycles. The summed E-state index contributed by atoms with van der Waals surface area (Å²) in [5, 5.41) is 4.05. The van der Waals surface area contributed by atoms with Crippen molar-refractivity contribution in [2.45, 2.75) is 5.25 Å². The van der Waals surface area contributed by atoms with E-state index in [-0.39, 0.29) is 17.8 Å². The van der Waals surface area contributed by atoms with E-state index in [0.29, 0.717) is 33.8 Å². The minimum atomic E-state index is -0.170. The predicted octanol–water partition coefficient (Wildman–Crippen LogP) is 5.59. The first-order valence-corrected chi connectivity index (χ1v) is 11.2. The third-order valence-electron chi connectivity index (χ3n) is 4.34. The number of halogens is 2. The first-order chi connectivity index (χ1) is 14.5. The number of thioether (sulfide) groups is 1. The number of hydrogen-bond donors (Lipinski definition) is 2. The minimum Gasteiger partial charge on any atom is -0.484 e. The Kier molecular flexibility index (Phi) is 8.31. The zero-order chi connectivity index (χ0) is 21.3. The van der Waals surface area contributed by atoms with Crippen LogP contribution in [0, 0.1) is 0 Å². The highest BCUT2D eigenvalue weighted by Gasteiger charge is 2.20. The number of para-hydroxylation sites is 1. The largest absolute Gasteiger partial charge is 0.484 e. The van der Waals surface area contributed by atoms with Gasteiger partial charge in [0.2, 0.25) is 0 Å². The second kappa shape index (κ2) is 11.2. The summed E-state index contributed by atoms with van der Waals surface area (Å²) in [5.74, 6) is 1.16. The molecule has 1 amide bonds. The summed E-state index contributed by atoms with van der Waals surface area (Å²) in [4.78, 5) is 12.0. The molecule has 4 nitrogen and oxygen atoms in total. The zero-order valence-corrected chi connectivity index (χ0v) is 18.5. The Morgan fingerprint density at radius 1 is 1.00 bits per heavy atom. The molecule has 0 saturated carbocycles. The van der Waals surface area contributed by atoms with Crippen molar-refractivity contribution in [3.63, 3.8) is 0 Å². The van der Waals surface area contributed by atoms with E-state index < -0.39 is 0 Å². The van der Waals surface area contributed by atoms with Crippen LogP contribution >= 0.6 is 35.0 Å². The molecule has 0 aliphatic heterocycles. The van der Waals surface area contributed by atoms with Crippen molar-refractivity contribution in [2.24, 2.45) is 0 Å². The quantitative estimate of drug-likeness (QED) is 0.322. The van der Waals surface area contributed by atoms with Crippen LogP contribution < -0.4 is 15.8 Å². The predicted molar refractivity (Wildman–Crippen MR) is 127 cm³/mol. The van der Waals surface area contributed by atoms with Gasteiger partial charge in [-0.15, -0.1) is 11.8 Å². The Bertz CT molecular complexity index is 986. The van der Waals surface area contributed by atoms with Crippen molar-refractivity contribution < 1.29 is 9.53 Å². The maximum atomic E-state index is 12.0. The molecule has 3 rings (SSSR count). The van der Waals surface area contributed by atoms with Gasteiger partial charge in [0.15, 0.2) is 6.61 Å². The van der Waals surface area contributed by atoms with Crippen LogP contribution in [0.5, 0.6) is 5.75 Å². The Balaban J connectivity index is 1.60. The van der Waals surface area contributed by atoms with Gasteiger partial charge in [-0.3, -0.25) is 4.79 Å². The van der Waals surface area contributed by atoms with Crippen molar-refractivity contribution in [3.05, 3.63) is 94.0 Å². The summed E-state index contributed by atoms with van der Waals surface area (Å²) in [6.45, 7) is 0.465. The molecular formula is C23H22Cl2N2O2S. The molecule has 0 aliphatic carbocycles. The first-order valence-electron chi connectivity index (χ1n) is 9.40. The van der Waals surface area contributed by atoms with Crippen LogP contribution in [-0.4, -0.2) is 24.8 Å². The molecule has 0 radical (unpaired) electrons. The molecule has 7 heteroatoms. The molecule has 0 fully saturated rings. The van der Waals surface area contributed by atoms with E-state index >= 15 is 0 Å². The summed E-state index contributed by atoms with van der Waals surface area (Å²) < 4.78 is 5.46. The summed E-state index contributed by atoms with van der Waals surface area (Å²) in [6, 6.07) is 22.3. The lowest BCUT2D eigenvalue weighted by molar-refractivity contribution is -0.122. The average Bonchev–Trinajstić information content (AvgIpc) is 2.76. The molecule has 156 valence electrons. The van der Waals surface area contributed by atoms with Crippen molar-refractivity contribution >= 4 is 46.6 Å². The van der Waals surface area contributed by atoms with Gasteiger partial charge >= 0.3 is 0 Å². The maximum Gasteiger partial charge on any atom is 0.257 e. The lowest BCUT2D eigenvalue weighted by Crippen LogP contribution is -2.30. The molecule has 0 aliphatic rings. The highest BCUT2D eigenvalue weighted by atomic mass is 35.5. The van der Waals surface area contributed by atoms with Crippen LogP contribution in [0.4, 0.5) is 5.69 Å². The van der Waals surface area contributed by atoms with Crippen LogP contribution in [0.1, 0.15) is 16.4 Å². The number of amides is 1. The van der Waals surface area contributed by atoms with E-state index in [0.717, 1.165) is 11.1 Å². The number of nitrogens with two attached hydrogens (primary N) is 1. The number of anilines is 1. The van der Waals surface area contributed by atoms with Gasteiger partial charge in [-0.1, -0.05) is 59.6 Å². The summed E-state index contributed by atoms with van der Waals surface area (Å²) in [5.41, 5.74) is 8.73. The summed E-state index contributed by atoms with van der Waals surface area (Å²) >= 11 is 14.3. The van der Waals surface area contributed by atoms with Crippen LogP contribution in [0.2, 0.25) is 10.0 Å². The van der Waals surface area contributed by atoms with E-state index in [1.54, 1.807) is 23.9 Å². The highest BCUT2D eigenvalue weighted by molar-refractivity contribution is 7.99. The second-order valence-electron chi connectivity index (χ2n) is 6.50. The topological polar surface area (TPSA) is 64.3 Å². The average molecular weight is 461 g/mol. The van der Waals surface area contributed by atoms with Gasteiger partial charge in [-0.2, -0.15) is 0 Å². The highest BCUT2D eigenvalue weighted by Crippen LogP contribution is 2.41. The SMILES string of the molecule is Nc1ccc(Cl)cc1C(SCCNC(=O)COc1ccccc1)c1ccccc1Cl. The number of ether oxygens (including phenoxy) is 1. The van der Waals surface area contributed by atoms with Crippen LogP contribution in [-0.2, 0) is 4.79 Å². The van der Waals surface area contributed by atoms with Crippen molar-refractivity contribution in [2.75, 3.05) is 24.6 Å². The molecule has 3 N–H and O–H groups in total. The number of nitrogen functional groups attached to an aromatic ring is 1. The number of carbonyl (C=O) groups is 1. The first kappa shape index (κ1) is 22.3. The van der Waals surface area contributed by atoms with Crippen molar-refractivity contribution in [1.82, 2.24) is 5.32 Å². The Morgan fingerprint density at radius 2 is 1.73 bits per heavy atom. The molecule has 0 spiro atoms. The third kappa shape index (κ3) is 6.33. The van der Waals surface area contributed by atoms with Gasteiger partial charge in [0.05, 0.1) is 5.25 Å². The Hall–Kier alpha value is -2.34. The van der Waals surface area contributed by atoms with E-state index in [1.165, 1.54) is 0 Å². The molecular weight excluding hydrogens is 439 g/mol. The molecule has 0 saturated heterocycles. The Labute approximate surface area is 190 Å². The van der Waals surface area contributed by atoms with Gasteiger partial charge in [-0.05, 0) is 47.5 Å². The standard InChI is InChI=1S/C23H22Cl2N2O2S/c24-16-10-11-21(26)19(14-16)23(18-8-4-5-9-20(18)25)30-13-12-27-22(28)15-29-17-6-2-1-3-7-17/h1-11,14,23H,12-13,15,26H2,(H,27,28). The third-order valence-corrected chi connectivity index (χ3v) is 6.20. The van der Waals surface area contributed by atoms with Gasteiger partial charge in [0, 0.05) is 28.0 Å². The number of carbonyl (C=O) groups excluding carboxylic acids is 1. The van der Waals surface area contributed by atoms with Gasteiger partial charge in [0.25, 0.3) is 5.91 Å². The fraction of sp³-hybridized carbons (Fsp3) is 0.174. The number of rotatable bonds is 9. The molecule has 30 heavy (non-hydrogen) atoms. The fourth-order valence-electron chi connectivity index (χ4n) is 2.89. The lowest BCUT2D eigenvalue weighted by atomic mass is 10.0. The van der Waals surface area contributed by atoms with E-state index in [2.05, 4.69) is 5.32 Å². The number of hydrogen-bond acceptors (Lipinski definition) is 4. The fourth-order valence-corrected chi connectivity index (χ4v) is 4.61. The van der Waals surface area contributed by atoms with Crippen LogP contribution in [0.15, 0.2) is 72.8 Å². The number of benzene rings is 3. The molecule has 3 aromatic carbocycles. The Morgan fingerprint density at radius 3 is 2.50 bits per heavy atom. The second-order valence-corrected chi connectivity index (χ2v) is 8.55. The molecule has 1 atom stereocenters. The maximum absolute atomic E-state index is 12.0. The molecule has 0 bridgehead atoms. The van der Waals surface area contributed by atoms with Crippen molar-refractivity contribution in [3.8, 4) is 5.75 Å². The minimum absolute atomic E-state index is 0.0239. The molecule has 1 unspecified atom stereocenters. The van der Waals surface area contributed by atoms with E-state index in [1.807, 2.05) is 60.7 Å². The molecule has 3 aromatic rings. The summed E-state index contributed by atoms with van der Waals surface area (Å²) in [7, 11) is 0. The summed E-state index contributed by atoms with van der Waals surface area (Å²) in [6.07, 6.45) is 0. The lowest BCUT2D eigenvalue weighted by Gasteiger charge is -2.21. The zero-order valence-electron chi connectivity index (χ0n) is 16.2. The van der Waals surface area contributed by atoms with Crippen LogP contribution in [0.25, 0.3) is 0 Å². The van der Waals surface area contributed by atoms with Gasteiger partial charge in [-0.25, -0.2) is 0 Å². The van der Waals surface area contributed by atoms with Crippen molar-refractivity contribution in [1.29, 1.82) is 0 Å². The van der Waals surface area contributed by atoms with E-state index in [4.69, 9.17) is 33.7 Å². The normalized spacial score (nSPS) is 11.7. The smallest absolute Gasteiger partial charge is 0.257 e. The van der Waals surface area contributed by atoms with Crippen LogP contribution in [0.3, 0.4) is 0 Å². The van der Waals surface area contributed by atoms with Gasteiger partial charge in [0.1, 0.15) is 5.75 Å². The van der Waals surface area contributed by atoms with E-state index in [9.17, 15) is 4.79 Å². The molecule has 0 heterocycles. The number of nitrogens with one attached hydrogen (secondary N) is 1. The van der Waals surface area contributed by atoms with Gasteiger partial charge < -0.3 is 15.8 Å². The monoisotopic (exact) mass is 460 g/mol.